The average Bonchev–Trinajstić information content (AvgIpc) is 3.04. The fourth-order valence-electron chi connectivity index (χ4n) is 2.54. The Bertz CT molecular complexity index is 688. The summed E-state index contributed by atoms with van der Waals surface area (Å²) in [6.07, 6.45) is 4.03. The third kappa shape index (κ3) is 3.56. The maximum absolute atomic E-state index is 8.75. The summed E-state index contributed by atoms with van der Waals surface area (Å²) in [5.41, 5.74) is 1.69. The summed E-state index contributed by atoms with van der Waals surface area (Å²) in [6.45, 7) is 3.24. The van der Waals surface area contributed by atoms with Gasteiger partial charge in [0, 0.05) is 18.8 Å². The maximum atomic E-state index is 8.75. The van der Waals surface area contributed by atoms with E-state index in [0.717, 1.165) is 19.6 Å². The van der Waals surface area contributed by atoms with Crippen molar-refractivity contribution in [3.8, 4) is 17.7 Å². The van der Waals surface area contributed by atoms with Crippen LogP contribution in [0.2, 0.25) is 5.02 Å². The molecule has 1 fully saturated rings. The van der Waals surface area contributed by atoms with Crippen LogP contribution in [-0.2, 0) is 6.54 Å². The molecule has 22 heavy (non-hydrogen) atoms. The summed E-state index contributed by atoms with van der Waals surface area (Å²) >= 11 is 6.30. The molecule has 5 heteroatoms. The topological polar surface area (TPSA) is 49.1 Å². The Kier molecular flexibility index (Phi) is 4.57. The summed E-state index contributed by atoms with van der Waals surface area (Å²) in [5, 5.41) is 9.33. The Morgan fingerprint density at radius 1 is 1.23 bits per heavy atom. The first-order chi connectivity index (χ1) is 10.7. The van der Waals surface area contributed by atoms with Crippen LogP contribution in [0.5, 0.6) is 11.6 Å². The van der Waals surface area contributed by atoms with Gasteiger partial charge >= 0.3 is 0 Å². The molecular weight excluding hydrogens is 298 g/mol. The van der Waals surface area contributed by atoms with Crippen LogP contribution in [0.3, 0.4) is 0 Å². The summed E-state index contributed by atoms with van der Waals surface area (Å²) in [4.78, 5) is 6.50. The normalized spacial score (nSPS) is 14.7. The highest BCUT2D eigenvalue weighted by atomic mass is 35.5. The summed E-state index contributed by atoms with van der Waals surface area (Å²) in [6, 6.07) is 11.2. The Hall–Kier alpha value is -2.09. The molecule has 1 aliphatic rings. The van der Waals surface area contributed by atoms with Crippen molar-refractivity contribution >= 4 is 11.6 Å². The van der Waals surface area contributed by atoms with Gasteiger partial charge in [-0.25, -0.2) is 4.98 Å². The first kappa shape index (κ1) is 14.8. The molecule has 0 spiro atoms. The van der Waals surface area contributed by atoms with Gasteiger partial charge in [0.15, 0.2) is 0 Å². The number of nitriles is 1. The quantitative estimate of drug-likeness (QED) is 0.856. The molecule has 0 N–H and O–H groups in total. The highest BCUT2D eigenvalue weighted by Gasteiger charge is 2.13. The molecule has 1 aliphatic heterocycles. The molecule has 0 atom stereocenters. The largest absolute Gasteiger partial charge is 0.437 e. The van der Waals surface area contributed by atoms with Crippen LogP contribution in [-0.4, -0.2) is 23.0 Å². The zero-order valence-corrected chi connectivity index (χ0v) is 12.9. The Morgan fingerprint density at radius 2 is 2.05 bits per heavy atom. The number of halogens is 1. The number of aromatic nitrogens is 1. The lowest BCUT2D eigenvalue weighted by atomic mass is 10.2. The van der Waals surface area contributed by atoms with Crippen molar-refractivity contribution in [2.45, 2.75) is 19.4 Å². The highest BCUT2D eigenvalue weighted by molar-refractivity contribution is 6.32. The van der Waals surface area contributed by atoms with Crippen molar-refractivity contribution in [1.82, 2.24) is 9.88 Å². The molecule has 2 heterocycles. The molecule has 0 saturated carbocycles. The molecule has 4 nitrogen and oxygen atoms in total. The summed E-state index contributed by atoms with van der Waals surface area (Å²) < 4.78 is 5.67. The van der Waals surface area contributed by atoms with Crippen LogP contribution < -0.4 is 4.74 Å². The predicted octanol–water partition coefficient (Wildman–Crippen LogP) is 3.99. The van der Waals surface area contributed by atoms with Crippen molar-refractivity contribution in [1.29, 1.82) is 5.26 Å². The average molecular weight is 314 g/mol. The van der Waals surface area contributed by atoms with E-state index in [1.807, 2.05) is 24.3 Å². The van der Waals surface area contributed by atoms with Crippen molar-refractivity contribution in [2.75, 3.05) is 13.1 Å². The second kappa shape index (κ2) is 6.78. The lowest BCUT2D eigenvalue weighted by molar-refractivity contribution is 0.331. The minimum absolute atomic E-state index is 0.424. The Balaban J connectivity index is 1.69. The molecule has 1 aromatic carbocycles. The number of benzene rings is 1. The van der Waals surface area contributed by atoms with Crippen LogP contribution in [0.25, 0.3) is 0 Å². The van der Waals surface area contributed by atoms with E-state index < -0.39 is 0 Å². The fraction of sp³-hybridized carbons (Fsp3) is 0.294. The van der Waals surface area contributed by atoms with E-state index in [2.05, 4.69) is 9.88 Å². The SMILES string of the molecule is N#Cc1ccc(Oc2ccc(CN3CCCC3)cc2Cl)nc1. The van der Waals surface area contributed by atoms with E-state index in [0.29, 0.717) is 22.2 Å². The highest BCUT2D eigenvalue weighted by Crippen LogP contribution is 2.30. The van der Waals surface area contributed by atoms with E-state index in [9.17, 15) is 0 Å². The van der Waals surface area contributed by atoms with E-state index in [-0.39, 0.29) is 0 Å². The maximum Gasteiger partial charge on any atom is 0.219 e. The van der Waals surface area contributed by atoms with Gasteiger partial charge in [0.25, 0.3) is 0 Å². The van der Waals surface area contributed by atoms with E-state index >= 15 is 0 Å². The fourth-order valence-corrected chi connectivity index (χ4v) is 2.79. The molecule has 2 aromatic rings. The number of hydrogen-bond donors (Lipinski definition) is 0. The van der Waals surface area contributed by atoms with Gasteiger partial charge in [0.1, 0.15) is 11.8 Å². The van der Waals surface area contributed by atoms with Gasteiger partial charge in [-0.1, -0.05) is 17.7 Å². The van der Waals surface area contributed by atoms with Crippen molar-refractivity contribution in [3.05, 3.63) is 52.7 Å². The predicted molar refractivity (Wildman–Crippen MR) is 85.0 cm³/mol. The number of hydrogen-bond acceptors (Lipinski definition) is 4. The molecule has 0 aliphatic carbocycles. The monoisotopic (exact) mass is 313 g/mol. The first-order valence-electron chi connectivity index (χ1n) is 7.29. The molecule has 1 saturated heterocycles. The number of ether oxygens (including phenoxy) is 1. The van der Waals surface area contributed by atoms with Gasteiger partial charge in [0.05, 0.1) is 10.6 Å². The van der Waals surface area contributed by atoms with Gasteiger partial charge < -0.3 is 4.74 Å². The summed E-state index contributed by atoms with van der Waals surface area (Å²) in [7, 11) is 0. The molecule has 0 unspecified atom stereocenters. The second-order valence-electron chi connectivity index (χ2n) is 5.35. The van der Waals surface area contributed by atoms with Crippen LogP contribution in [0.4, 0.5) is 0 Å². The number of nitrogens with zero attached hydrogens (tertiary/aromatic N) is 3. The van der Waals surface area contributed by atoms with Crippen molar-refractivity contribution in [3.63, 3.8) is 0 Å². The van der Waals surface area contributed by atoms with Gasteiger partial charge in [-0.05, 0) is 49.7 Å². The number of rotatable bonds is 4. The lowest BCUT2D eigenvalue weighted by Crippen LogP contribution is -2.18. The minimum Gasteiger partial charge on any atom is -0.437 e. The van der Waals surface area contributed by atoms with E-state index in [1.54, 1.807) is 12.1 Å². The number of pyridine rings is 1. The zero-order valence-electron chi connectivity index (χ0n) is 12.1. The molecule has 0 radical (unpaired) electrons. The first-order valence-corrected chi connectivity index (χ1v) is 7.67. The van der Waals surface area contributed by atoms with Crippen molar-refractivity contribution < 1.29 is 4.74 Å². The molecular formula is C17H16ClN3O. The molecule has 0 amide bonds. The molecule has 3 rings (SSSR count). The zero-order chi connectivity index (χ0) is 15.4. The lowest BCUT2D eigenvalue weighted by Gasteiger charge is -2.15. The van der Waals surface area contributed by atoms with Gasteiger partial charge in [0.2, 0.25) is 5.88 Å². The smallest absolute Gasteiger partial charge is 0.219 e. The number of likely N-dealkylation sites (tertiary alicyclic amines) is 1. The van der Waals surface area contributed by atoms with Gasteiger partial charge in [-0.3, -0.25) is 4.90 Å². The third-order valence-electron chi connectivity index (χ3n) is 3.68. The van der Waals surface area contributed by atoms with Crippen molar-refractivity contribution in [2.24, 2.45) is 0 Å². The second-order valence-corrected chi connectivity index (χ2v) is 5.75. The van der Waals surface area contributed by atoms with E-state index in [4.69, 9.17) is 21.6 Å². The van der Waals surface area contributed by atoms with Crippen LogP contribution in [0.1, 0.15) is 24.0 Å². The van der Waals surface area contributed by atoms with Gasteiger partial charge in [-0.15, -0.1) is 0 Å². The van der Waals surface area contributed by atoms with Crippen LogP contribution >= 0.6 is 11.6 Å². The van der Waals surface area contributed by atoms with Crippen LogP contribution in [0, 0.1) is 11.3 Å². The standard InChI is InChI=1S/C17H16ClN3O/c18-15-9-13(12-21-7-1-2-8-21)3-5-16(15)22-17-6-4-14(10-19)11-20-17/h3-6,9,11H,1-2,7-8,12H2. The van der Waals surface area contributed by atoms with E-state index in [1.165, 1.54) is 24.6 Å². The third-order valence-corrected chi connectivity index (χ3v) is 3.98. The minimum atomic E-state index is 0.424. The Labute approximate surface area is 134 Å². The molecule has 0 bridgehead atoms. The molecule has 112 valence electrons. The Morgan fingerprint density at radius 3 is 2.68 bits per heavy atom. The van der Waals surface area contributed by atoms with Crippen LogP contribution in [0.15, 0.2) is 36.5 Å². The van der Waals surface area contributed by atoms with Gasteiger partial charge in [-0.2, -0.15) is 5.26 Å². The molecule has 1 aromatic heterocycles. The summed E-state index contributed by atoms with van der Waals surface area (Å²) in [5.74, 6) is 0.997.